The van der Waals surface area contributed by atoms with Gasteiger partial charge in [-0.3, -0.25) is 14.8 Å². The third-order valence-electron chi connectivity index (χ3n) is 4.13. The van der Waals surface area contributed by atoms with E-state index in [1.54, 1.807) is 0 Å². The van der Waals surface area contributed by atoms with Crippen LogP contribution in [0, 0.1) is 0 Å². The van der Waals surface area contributed by atoms with E-state index in [-0.39, 0.29) is 0 Å². The van der Waals surface area contributed by atoms with Crippen LogP contribution in [-0.4, -0.2) is 47.0 Å². The van der Waals surface area contributed by atoms with E-state index in [1.807, 2.05) is 6.07 Å². The highest BCUT2D eigenvalue weighted by Gasteiger charge is 2.30. The van der Waals surface area contributed by atoms with Gasteiger partial charge in [0.25, 0.3) is 0 Å². The third kappa shape index (κ3) is 2.55. The highest BCUT2D eigenvalue weighted by molar-refractivity contribution is 5.11. The summed E-state index contributed by atoms with van der Waals surface area (Å²) in [5, 5.41) is 0. The topological polar surface area (TPSA) is 45.4 Å². The smallest absolute Gasteiger partial charge is 0.0547 e. The predicted octanol–water partition coefficient (Wildman–Crippen LogP) is 0.820. The summed E-state index contributed by atoms with van der Waals surface area (Å²) in [7, 11) is 0. The van der Waals surface area contributed by atoms with Crippen molar-refractivity contribution in [3.63, 3.8) is 0 Å². The van der Waals surface area contributed by atoms with Crippen LogP contribution in [0.25, 0.3) is 0 Å². The highest BCUT2D eigenvalue weighted by atomic mass is 15.3. The second kappa shape index (κ2) is 5.34. The molecular formula is C14H22N4. The normalized spacial score (nSPS) is 25.3. The van der Waals surface area contributed by atoms with Gasteiger partial charge in [-0.05, 0) is 31.5 Å². The van der Waals surface area contributed by atoms with E-state index >= 15 is 0 Å². The molecule has 1 atom stereocenters. The van der Waals surface area contributed by atoms with Crippen molar-refractivity contribution in [3.8, 4) is 0 Å². The molecule has 2 aliphatic heterocycles. The standard InChI is InChI=1S/C14H22N4/c15-9-12-3-1-4-13(16-12)10-17-7-8-18-6-2-5-14(18)11-17/h1,3-4,14H,2,5-11,15H2. The number of pyridine rings is 1. The van der Waals surface area contributed by atoms with Gasteiger partial charge in [0.1, 0.15) is 0 Å². The Morgan fingerprint density at radius 2 is 2.11 bits per heavy atom. The molecule has 98 valence electrons. The molecule has 0 aliphatic carbocycles. The van der Waals surface area contributed by atoms with Crippen LogP contribution in [0.15, 0.2) is 18.2 Å². The zero-order valence-corrected chi connectivity index (χ0v) is 10.9. The first-order chi connectivity index (χ1) is 8.85. The molecule has 0 bridgehead atoms. The third-order valence-corrected chi connectivity index (χ3v) is 4.13. The van der Waals surface area contributed by atoms with Crippen molar-refractivity contribution >= 4 is 0 Å². The van der Waals surface area contributed by atoms with Gasteiger partial charge >= 0.3 is 0 Å². The lowest BCUT2D eigenvalue weighted by molar-refractivity contribution is 0.0984. The van der Waals surface area contributed by atoms with Gasteiger partial charge < -0.3 is 5.73 Å². The van der Waals surface area contributed by atoms with E-state index < -0.39 is 0 Å². The molecule has 4 nitrogen and oxygen atoms in total. The van der Waals surface area contributed by atoms with Gasteiger partial charge in [0.2, 0.25) is 0 Å². The van der Waals surface area contributed by atoms with E-state index in [0.717, 1.165) is 24.0 Å². The van der Waals surface area contributed by atoms with Crippen LogP contribution in [-0.2, 0) is 13.1 Å². The molecular weight excluding hydrogens is 224 g/mol. The average Bonchev–Trinajstić information content (AvgIpc) is 2.86. The van der Waals surface area contributed by atoms with Crippen molar-refractivity contribution in [1.29, 1.82) is 0 Å². The maximum absolute atomic E-state index is 5.64. The molecule has 1 aromatic rings. The number of hydrogen-bond acceptors (Lipinski definition) is 4. The van der Waals surface area contributed by atoms with Crippen molar-refractivity contribution in [2.24, 2.45) is 5.73 Å². The zero-order chi connectivity index (χ0) is 12.4. The van der Waals surface area contributed by atoms with Crippen LogP contribution in [0.1, 0.15) is 24.2 Å². The summed E-state index contributed by atoms with van der Waals surface area (Å²) in [6, 6.07) is 6.96. The van der Waals surface area contributed by atoms with Crippen LogP contribution in [0.2, 0.25) is 0 Å². The molecule has 2 fully saturated rings. The maximum atomic E-state index is 5.64. The fourth-order valence-electron chi connectivity index (χ4n) is 3.16. The van der Waals surface area contributed by atoms with E-state index in [4.69, 9.17) is 5.73 Å². The Bertz CT molecular complexity index is 407. The van der Waals surface area contributed by atoms with Crippen LogP contribution in [0.5, 0.6) is 0 Å². The number of fused-ring (bicyclic) bond motifs is 1. The summed E-state index contributed by atoms with van der Waals surface area (Å²) >= 11 is 0. The Morgan fingerprint density at radius 3 is 3.00 bits per heavy atom. The minimum atomic E-state index is 0.532. The van der Waals surface area contributed by atoms with E-state index in [2.05, 4.69) is 26.9 Å². The fraction of sp³-hybridized carbons (Fsp3) is 0.643. The first kappa shape index (κ1) is 12.1. The molecule has 1 unspecified atom stereocenters. The lowest BCUT2D eigenvalue weighted by Crippen LogP contribution is -2.49. The summed E-state index contributed by atoms with van der Waals surface area (Å²) in [5.74, 6) is 0. The van der Waals surface area contributed by atoms with Gasteiger partial charge in [-0.1, -0.05) is 6.07 Å². The Kier molecular flexibility index (Phi) is 3.59. The maximum Gasteiger partial charge on any atom is 0.0547 e. The molecule has 3 rings (SSSR count). The van der Waals surface area contributed by atoms with E-state index in [9.17, 15) is 0 Å². The van der Waals surface area contributed by atoms with Gasteiger partial charge in [-0.15, -0.1) is 0 Å². The molecule has 2 saturated heterocycles. The first-order valence-corrected chi connectivity index (χ1v) is 6.96. The van der Waals surface area contributed by atoms with Crippen molar-refractivity contribution in [3.05, 3.63) is 29.6 Å². The average molecular weight is 246 g/mol. The summed E-state index contributed by atoms with van der Waals surface area (Å²) < 4.78 is 0. The lowest BCUT2D eigenvalue weighted by Gasteiger charge is -2.37. The van der Waals surface area contributed by atoms with E-state index in [0.29, 0.717) is 6.54 Å². The Morgan fingerprint density at radius 1 is 1.22 bits per heavy atom. The lowest BCUT2D eigenvalue weighted by atomic mass is 10.1. The van der Waals surface area contributed by atoms with Gasteiger partial charge in [-0.2, -0.15) is 0 Å². The largest absolute Gasteiger partial charge is 0.325 e. The molecule has 2 N–H and O–H groups in total. The van der Waals surface area contributed by atoms with E-state index in [1.165, 1.54) is 39.0 Å². The minimum Gasteiger partial charge on any atom is -0.325 e. The number of nitrogens with two attached hydrogens (primary N) is 1. The summed E-state index contributed by atoms with van der Waals surface area (Å²) in [5.41, 5.74) is 7.79. The predicted molar refractivity (Wildman–Crippen MR) is 72.0 cm³/mol. The minimum absolute atomic E-state index is 0.532. The first-order valence-electron chi connectivity index (χ1n) is 6.96. The zero-order valence-electron chi connectivity index (χ0n) is 10.9. The molecule has 18 heavy (non-hydrogen) atoms. The number of hydrogen-bond donors (Lipinski definition) is 1. The molecule has 0 radical (unpaired) electrons. The van der Waals surface area contributed by atoms with Crippen LogP contribution >= 0.6 is 0 Å². The molecule has 0 aromatic carbocycles. The Balaban J connectivity index is 1.62. The van der Waals surface area contributed by atoms with Crippen LogP contribution < -0.4 is 5.73 Å². The second-order valence-electron chi connectivity index (χ2n) is 5.39. The summed E-state index contributed by atoms with van der Waals surface area (Å²) in [6.07, 6.45) is 2.74. The van der Waals surface area contributed by atoms with Crippen molar-refractivity contribution in [1.82, 2.24) is 14.8 Å². The molecule has 0 spiro atoms. The number of aromatic nitrogens is 1. The van der Waals surface area contributed by atoms with Gasteiger partial charge in [0.15, 0.2) is 0 Å². The molecule has 3 heterocycles. The van der Waals surface area contributed by atoms with Crippen molar-refractivity contribution in [2.45, 2.75) is 32.0 Å². The Hall–Kier alpha value is -0.970. The van der Waals surface area contributed by atoms with Gasteiger partial charge in [0.05, 0.1) is 11.4 Å². The summed E-state index contributed by atoms with van der Waals surface area (Å²) in [6.45, 7) is 6.41. The summed E-state index contributed by atoms with van der Waals surface area (Å²) in [4.78, 5) is 9.77. The SMILES string of the molecule is NCc1cccc(CN2CCN3CCCC3C2)n1. The fourth-order valence-corrected chi connectivity index (χ4v) is 3.16. The van der Waals surface area contributed by atoms with Gasteiger partial charge in [0, 0.05) is 38.8 Å². The van der Waals surface area contributed by atoms with Crippen molar-refractivity contribution < 1.29 is 0 Å². The Labute approximate surface area is 109 Å². The van der Waals surface area contributed by atoms with Crippen molar-refractivity contribution in [2.75, 3.05) is 26.2 Å². The molecule has 0 amide bonds. The monoisotopic (exact) mass is 246 g/mol. The molecule has 2 aliphatic rings. The van der Waals surface area contributed by atoms with Crippen LogP contribution in [0.4, 0.5) is 0 Å². The quantitative estimate of drug-likeness (QED) is 0.857. The molecule has 4 heteroatoms. The second-order valence-corrected chi connectivity index (χ2v) is 5.39. The number of nitrogens with zero attached hydrogens (tertiary/aromatic N) is 3. The number of rotatable bonds is 3. The highest BCUT2D eigenvalue weighted by Crippen LogP contribution is 2.22. The van der Waals surface area contributed by atoms with Crippen LogP contribution in [0.3, 0.4) is 0 Å². The molecule has 0 saturated carbocycles. The van der Waals surface area contributed by atoms with Gasteiger partial charge in [-0.25, -0.2) is 0 Å². The molecule has 1 aromatic heterocycles. The number of piperazine rings is 1.